The van der Waals surface area contributed by atoms with Crippen LogP contribution in [0, 0.1) is 0 Å². The molecule has 0 aromatic heterocycles. The van der Waals surface area contributed by atoms with Gasteiger partial charge in [0.05, 0.1) is 26.9 Å². The molecule has 17 heavy (non-hydrogen) atoms. The SMILES string of the molecule is CC(=O)OCC[N+](C)(C)C.NCCS(=O)(=O)O. The summed E-state index contributed by atoms with van der Waals surface area (Å²) in [5.41, 5.74) is 4.78. The number of likely N-dealkylation sites (N-methyl/N-ethyl adjacent to an activating group) is 1. The van der Waals surface area contributed by atoms with E-state index in [-0.39, 0.29) is 18.3 Å². The molecule has 0 atom stereocenters. The van der Waals surface area contributed by atoms with E-state index in [0.717, 1.165) is 11.0 Å². The summed E-state index contributed by atoms with van der Waals surface area (Å²) in [6, 6.07) is 0. The number of quaternary nitrogens is 1. The molecule has 0 unspecified atom stereocenters. The number of hydrogen-bond acceptors (Lipinski definition) is 5. The van der Waals surface area contributed by atoms with Crippen LogP contribution in [0.15, 0.2) is 0 Å². The van der Waals surface area contributed by atoms with Gasteiger partial charge in [-0.1, -0.05) is 0 Å². The van der Waals surface area contributed by atoms with E-state index >= 15 is 0 Å². The molecule has 104 valence electrons. The quantitative estimate of drug-likeness (QED) is 0.381. The van der Waals surface area contributed by atoms with Gasteiger partial charge in [0.1, 0.15) is 13.2 Å². The highest BCUT2D eigenvalue weighted by atomic mass is 32.2. The average molecular weight is 271 g/mol. The molecular weight excluding hydrogens is 248 g/mol. The number of nitrogens with zero attached hydrogens (tertiary/aromatic N) is 1. The second kappa shape index (κ2) is 8.40. The number of ether oxygens (including phenoxy) is 1. The molecule has 0 spiro atoms. The molecular formula is C9H23N2O5S+. The van der Waals surface area contributed by atoms with E-state index in [1.54, 1.807) is 0 Å². The first kappa shape index (κ1) is 18.7. The molecule has 0 radical (unpaired) electrons. The number of carbonyl (C=O) groups is 1. The van der Waals surface area contributed by atoms with E-state index in [1.165, 1.54) is 6.92 Å². The predicted molar refractivity (Wildman–Crippen MR) is 65.0 cm³/mol. The Labute approximate surface area is 103 Å². The van der Waals surface area contributed by atoms with Crippen LogP contribution in [0.25, 0.3) is 0 Å². The van der Waals surface area contributed by atoms with Crippen molar-refractivity contribution in [1.29, 1.82) is 0 Å². The molecule has 0 aliphatic heterocycles. The summed E-state index contributed by atoms with van der Waals surface area (Å²) in [5.74, 6) is -0.555. The van der Waals surface area contributed by atoms with Crippen molar-refractivity contribution in [3.8, 4) is 0 Å². The van der Waals surface area contributed by atoms with Crippen LogP contribution in [0.4, 0.5) is 0 Å². The van der Waals surface area contributed by atoms with Gasteiger partial charge in [-0.15, -0.1) is 0 Å². The van der Waals surface area contributed by atoms with Crippen molar-refractivity contribution in [2.75, 3.05) is 46.6 Å². The molecule has 0 saturated heterocycles. The summed E-state index contributed by atoms with van der Waals surface area (Å²) in [7, 11) is 2.38. The van der Waals surface area contributed by atoms with Crippen LogP contribution in [0.3, 0.4) is 0 Å². The zero-order valence-electron chi connectivity index (χ0n) is 10.8. The van der Waals surface area contributed by atoms with Crippen LogP contribution in [0.1, 0.15) is 6.92 Å². The highest BCUT2D eigenvalue weighted by molar-refractivity contribution is 7.85. The van der Waals surface area contributed by atoms with Gasteiger partial charge in [0.15, 0.2) is 0 Å². The predicted octanol–water partition coefficient (Wildman–Crippen LogP) is -0.911. The Morgan fingerprint density at radius 1 is 1.35 bits per heavy atom. The molecule has 0 heterocycles. The lowest BCUT2D eigenvalue weighted by molar-refractivity contribution is -0.870. The molecule has 0 saturated carbocycles. The maximum absolute atomic E-state index is 10.3. The third-order valence-corrected chi connectivity index (χ3v) is 2.19. The minimum Gasteiger partial charge on any atom is -0.460 e. The van der Waals surface area contributed by atoms with Crippen molar-refractivity contribution in [3.05, 3.63) is 0 Å². The van der Waals surface area contributed by atoms with Crippen LogP contribution >= 0.6 is 0 Å². The van der Waals surface area contributed by atoms with Gasteiger partial charge in [-0.3, -0.25) is 9.35 Å². The van der Waals surface area contributed by atoms with Gasteiger partial charge >= 0.3 is 5.97 Å². The van der Waals surface area contributed by atoms with Crippen LogP contribution < -0.4 is 5.73 Å². The van der Waals surface area contributed by atoms with Crippen LogP contribution in [-0.2, 0) is 19.6 Å². The first-order chi connectivity index (χ1) is 7.48. The third-order valence-electron chi connectivity index (χ3n) is 1.44. The smallest absolute Gasteiger partial charge is 0.302 e. The third kappa shape index (κ3) is 25.5. The van der Waals surface area contributed by atoms with Gasteiger partial charge in [0, 0.05) is 13.5 Å². The summed E-state index contributed by atoms with van der Waals surface area (Å²) in [6.45, 7) is 2.77. The summed E-state index contributed by atoms with van der Waals surface area (Å²) in [6.07, 6.45) is 0. The first-order valence-electron chi connectivity index (χ1n) is 5.07. The van der Waals surface area contributed by atoms with E-state index < -0.39 is 10.1 Å². The van der Waals surface area contributed by atoms with Crippen LogP contribution in [0.2, 0.25) is 0 Å². The Balaban J connectivity index is 0. The molecule has 7 nitrogen and oxygen atoms in total. The van der Waals surface area contributed by atoms with Crippen molar-refractivity contribution in [2.45, 2.75) is 6.92 Å². The topological polar surface area (TPSA) is 107 Å². The van der Waals surface area contributed by atoms with Gasteiger partial charge in [0.2, 0.25) is 0 Å². The van der Waals surface area contributed by atoms with Gasteiger partial charge in [-0.05, 0) is 0 Å². The summed E-state index contributed by atoms with van der Waals surface area (Å²) in [5, 5.41) is 0. The van der Waals surface area contributed by atoms with Crippen molar-refractivity contribution in [3.63, 3.8) is 0 Å². The monoisotopic (exact) mass is 271 g/mol. The minimum absolute atomic E-state index is 0.0289. The van der Waals surface area contributed by atoms with E-state index in [0.29, 0.717) is 6.61 Å². The Morgan fingerprint density at radius 3 is 2.00 bits per heavy atom. The van der Waals surface area contributed by atoms with Crippen molar-refractivity contribution in [1.82, 2.24) is 0 Å². The Bertz CT molecular complexity index is 308. The van der Waals surface area contributed by atoms with E-state index in [9.17, 15) is 13.2 Å². The summed E-state index contributed by atoms with van der Waals surface area (Å²) < 4.78 is 32.9. The zero-order valence-corrected chi connectivity index (χ0v) is 11.7. The fraction of sp³-hybridized carbons (Fsp3) is 0.889. The minimum atomic E-state index is -3.80. The lowest BCUT2D eigenvalue weighted by Gasteiger charge is -2.23. The number of carbonyl (C=O) groups excluding carboxylic acids is 1. The van der Waals surface area contributed by atoms with Gasteiger partial charge in [-0.25, -0.2) is 0 Å². The maximum Gasteiger partial charge on any atom is 0.302 e. The molecule has 0 amide bonds. The lowest BCUT2D eigenvalue weighted by atomic mass is 10.5. The molecule has 3 N–H and O–H groups in total. The summed E-state index contributed by atoms with van der Waals surface area (Å²) >= 11 is 0. The lowest BCUT2D eigenvalue weighted by Crippen LogP contribution is -2.37. The standard InChI is InChI=1S/C7H16NO2.C2H7NO3S/c1-7(9)10-6-5-8(2,3)4;3-1-2-7(4,5)6/h5-6H2,1-4H3;1-3H2,(H,4,5,6)/q+1;. The number of rotatable bonds is 5. The van der Waals surface area contributed by atoms with Crippen molar-refractivity contribution < 1.29 is 27.0 Å². The molecule has 0 bridgehead atoms. The van der Waals surface area contributed by atoms with Crippen LogP contribution in [-0.4, -0.2) is 70.0 Å². The van der Waals surface area contributed by atoms with E-state index in [2.05, 4.69) is 21.1 Å². The maximum atomic E-state index is 10.3. The second-order valence-corrected chi connectivity index (χ2v) is 6.00. The fourth-order valence-electron chi connectivity index (χ4n) is 0.612. The van der Waals surface area contributed by atoms with E-state index in [1.807, 2.05) is 0 Å². The van der Waals surface area contributed by atoms with E-state index in [4.69, 9.17) is 15.0 Å². The fourth-order valence-corrected chi connectivity index (χ4v) is 0.910. The Kier molecular flexibility index (Phi) is 9.22. The van der Waals surface area contributed by atoms with Gasteiger partial charge < -0.3 is 15.0 Å². The molecule has 8 heteroatoms. The largest absolute Gasteiger partial charge is 0.460 e. The highest BCUT2D eigenvalue weighted by Crippen LogP contribution is 1.89. The van der Waals surface area contributed by atoms with Gasteiger partial charge in [0.25, 0.3) is 10.1 Å². The number of hydrogen-bond donors (Lipinski definition) is 2. The van der Waals surface area contributed by atoms with Crippen LogP contribution in [0.5, 0.6) is 0 Å². The molecule has 0 aliphatic carbocycles. The molecule has 0 aromatic carbocycles. The molecule has 0 rings (SSSR count). The normalized spacial score (nSPS) is 11.4. The molecule has 0 aromatic rings. The first-order valence-corrected chi connectivity index (χ1v) is 6.68. The molecule has 0 fully saturated rings. The van der Waals surface area contributed by atoms with Crippen molar-refractivity contribution in [2.24, 2.45) is 5.73 Å². The Morgan fingerprint density at radius 2 is 1.82 bits per heavy atom. The Hall–Kier alpha value is -0.700. The van der Waals surface area contributed by atoms with Crippen molar-refractivity contribution >= 4 is 16.1 Å². The highest BCUT2D eigenvalue weighted by Gasteiger charge is 2.06. The zero-order chi connectivity index (χ0) is 14.1. The average Bonchev–Trinajstić information content (AvgIpc) is 1.98. The second-order valence-electron chi connectivity index (χ2n) is 4.43. The number of nitrogens with two attached hydrogens (primary N) is 1. The van der Waals surface area contributed by atoms with Gasteiger partial charge in [-0.2, -0.15) is 8.42 Å². The summed E-state index contributed by atoms with van der Waals surface area (Å²) in [4.78, 5) is 10.3. The molecule has 0 aliphatic rings. The number of esters is 1.